The Bertz CT molecular complexity index is 325. The minimum Gasteiger partial charge on any atom is -0.289 e. The second kappa shape index (κ2) is 5.83. The fraction of sp³-hybridized carbons (Fsp3) is 0.533. The fourth-order valence-corrected chi connectivity index (χ4v) is 1.94. The van der Waals surface area contributed by atoms with Crippen LogP contribution in [0.15, 0.2) is 29.3 Å². The van der Waals surface area contributed by atoms with Crippen LogP contribution in [0.4, 0.5) is 0 Å². The van der Waals surface area contributed by atoms with Gasteiger partial charge in [-0.25, -0.2) is 0 Å². The van der Waals surface area contributed by atoms with Crippen molar-refractivity contribution in [3.63, 3.8) is 0 Å². The van der Waals surface area contributed by atoms with Crippen molar-refractivity contribution in [2.45, 2.75) is 40.7 Å². The highest BCUT2D eigenvalue weighted by molar-refractivity contribution is 5.79. The van der Waals surface area contributed by atoms with E-state index in [1.165, 1.54) is 11.1 Å². The minimum atomic E-state index is 0.418. The molecule has 0 spiro atoms. The first kappa shape index (κ1) is 13.0. The lowest BCUT2D eigenvalue weighted by molar-refractivity contribution is 0.390. The van der Waals surface area contributed by atoms with E-state index >= 15 is 0 Å². The predicted molar refractivity (Wildman–Crippen MR) is 72.2 cm³/mol. The lowest BCUT2D eigenvalue weighted by atomic mass is 9.94. The first-order chi connectivity index (χ1) is 7.50. The molecule has 0 fully saturated rings. The molecule has 0 radical (unpaired) electrons. The molecule has 0 amide bonds. The van der Waals surface area contributed by atoms with Gasteiger partial charge in [0.2, 0.25) is 0 Å². The summed E-state index contributed by atoms with van der Waals surface area (Å²) in [5.41, 5.74) is 2.48. The third-order valence-electron chi connectivity index (χ3n) is 2.84. The number of aliphatic imine (C=N–C) groups is 1. The standard InChI is InChI=1S/C15H23N/c1-11(2)15(12(3)4)16-10-14-8-6-13(5)7-9-14/h6-12,15H,1-5H3. The maximum Gasteiger partial charge on any atom is 0.0545 e. The van der Waals surface area contributed by atoms with Crippen LogP contribution in [0.25, 0.3) is 0 Å². The molecule has 1 aromatic rings. The molecule has 0 unspecified atom stereocenters. The van der Waals surface area contributed by atoms with Gasteiger partial charge in [0.15, 0.2) is 0 Å². The van der Waals surface area contributed by atoms with Crippen LogP contribution >= 0.6 is 0 Å². The van der Waals surface area contributed by atoms with Crippen LogP contribution in [0.5, 0.6) is 0 Å². The molecule has 0 N–H and O–H groups in total. The summed E-state index contributed by atoms with van der Waals surface area (Å²) in [5.74, 6) is 1.20. The van der Waals surface area contributed by atoms with E-state index in [1.54, 1.807) is 0 Å². The van der Waals surface area contributed by atoms with Crippen molar-refractivity contribution in [1.82, 2.24) is 0 Å². The van der Waals surface area contributed by atoms with Crippen molar-refractivity contribution >= 4 is 6.21 Å². The van der Waals surface area contributed by atoms with Crippen molar-refractivity contribution in [2.24, 2.45) is 16.8 Å². The van der Waals surface area contributed by atoms with E-state index in [-0.39, 0.29) is 0 Å². The van der Waals surface area contributed by atoms with E-state index in [2.05, 4.69) is 58.9 Å². The normalized spacial score (nSPS) is 12.2. The van der Waals surface area contributed by atoms with E-state index in [0.717, 1.165) is 0 Å². The second-order valence-electron chi connectivity index (χ2n) is 5.17. The maximum absolute atomic E-state index is 4.70. The molecular weight excluding hydrogens is 194 g/mol. The topological polar surface area (TPSA) is 12.4 Å². The Labute approximate surface area is 99.6 Å². The molecule has 0 aliphatic rings. The molecule has 0 bridgehead atoms. The molecule has 1 rings (SSSR count). The van der Waals surface area contributed by atoms with E-state index in [1.807, 2.05) is 6.21 Å². The van der Waals surface area contributed by atoms with Crippen LogP contribution in [-0.4, -0.2) is 12.3 Å². The number of benzene rings is 1. The van der Waals surface area contributed by atoms with E-state index in [9.17, 15) is 0 Å². The van der Waals surface area contributed by atoms with Crippen LogP contribution in [0.3, 0.4) is 0 Å². The van der Waals surface area contributed by atoms with Crippen LogP contribution < -0.4 is 0 Å². The Hall–Kier alpha value is -1.11. The van der Waals surface area contributed by atoms with Gasteiger partial charge in [-0.15, -0.1) is 0 Å². The molecule has 16 heavy (non-hydrogen) atoms. The molecule has 88 valence electrons. The summed E-state index contributed by atoms with van der Waals surface area (Å²) in [7, 11) is 0. The lowest BCUT2D eigenvalue weighted by Crippen LogP contribution is -2.19. The Balaban J connectivity index is 2.74. The lowest BCUT2D eigenvalue weighted by Gasteiger charge is -2.20. The van der Waals surface area contributed by atoms with Gasteiger partial charge in [0.05, 0.1) is 6.04 Å². The Morgan fingerprint density at radius 3 is 1.88 bits per heavy atom. The largest absolute Gasteiger partial charge is 0.289 e. The van der Waals surface area contributed by atoms with Crippen molar-refractivity contribution in [2.75, 3.05) is 0 Å². The molecule has 0 saturated heterocycles. The first-order valence-electron chi connectivity index (χ1n) is 6.10. The number of hydrogen-bond acceptors (Lipinski definition) is 1. The highest BCUT2D eigenvalue weighted by Crippen LogP contribution is 2.16. The molecule has 0 saturated carbocycles. The Morgan fingerprint density at radius 2 is 1.44 bits per heavy atom. The second-order valence-corrected chi connectivity index (χ2v) is 5.17. The summed E-state index contributed by atoms with van der Waals surface area (Å²) in [4.78, 5) is 4.70. The quantitative estimate of drug-likeness (QED) is 0.673. The zero-order valence-electron chi connectivity index (χ0n) is 11.1. The Kier molecular flexibility index (Phi) is 4.72. The third-order valence-corrected chi connectivity index (χ3v) is 2.84. The monoisotopic (exact) mass is 217 g/mol. The van der Waals surface area contributed by atoms with Crippen LogP contribution in [-0.2, 0) is 0 Å². The number of rotatable bonds is 4. The zero-order chi connectivity index (χ0) is 12.1. The molecule has 0 aliphatic heterocycles. The van der Waals surface area contributed by atoms with Gasteiger partial charge in [-0.2, -0.15) is 0 Å². The molecule has 1 aromatic carbocycles. The van der Waals surface area contributed by atoms with Crippen LogP contribution in [0, 0.1) is 18.8 Å². The fourth-order valence-electron chi connectivity index (χ4n) is 1.94. The van der Waals surface area contributed by atoms with E-state index in [0.29, 0.717) is 17.9 Å². The minimum absolute atomic E-state index is 0.418. The van der Waals surface area contributed by atoms with Gasteiger partial charge in [-0.05, 0) is 24.3 Å². The summed E-state index contributed by atoms with van der Waals surface area (Å²) < 4.78 is 0. The predicted octanol–water partition coefficient (Wildman–Crippen LogP) is 4.09. The van der Waals surface area contributed by atoms with Gasteiger partial charge in [0.25, 0.3) is 0 Å². The van der Waals surface area contributed by atoms with E-state index < -0.39 is 0 Å². The molecule has 0 atom stereocenters. The zero-order valence-corrected chi connectivity index (χ0v) is 11.1. The summed E-state index contributed by atoms with van der Waals surface area (Å²) in [6.07, 6.45) is 2.00. The van der Waals surface area contributed by atoms with Gasteiger partial charge >= 0.3 is 0 Å². The van der Waals surface area contributed by atoms with Crippen molar-refractivity contribution in [3.8, 4) is 0 Å². The SMILES string of the molecule is Cc1ccc(C=NC(C(C)C)C(C)C)cc1. The van der Waals surface area contributed by atoms with Gasteiger partial charge in [-0.3, -0.25) is 4.99 Å². The summed E-state index contributed by atoms with van der Waals surface area (Å²) in [6, 6.07) is 8.91. The van der Waals surface area contributed by atoms with Crippen molar-refractivity contribution < 1.29 is 0 Å². The van der Waals surface area contributed by atoms with Gasteiger partial charge in [0.1, 0.15) is 0 Å². The third kappa shape index (κ3) is 3.80. The molecule has 1 heteroatoms. The van der Waals surface area contributed by atoms with E-state index in [4.69, 9.17) is 4.99 Å². The van der Waals surface area contributed by atoms with Crippen LogP contribution in [0.2, 0.25) is 0 Å². The highest BCUT2D eigenvalue weighted by atomic mass is 14.8. The average Bonchev–Trinajstić information content (AvgIpc) is 2.20. The molecule has 1 nitrogen and oxygen atoms in total. The van der Waals surface area contributed by atoms with Crippen LogP contribution in [0.1, 0.15) is 38.8 Å². The van der Waals surface area contributed by atoms with Crippen molar-refractivity contribution in [1.29, 1.82) is 0 Å². The molecular formula is C15H23N. The molecule has 0 heterocycles. The molecule has 0 aliphatic carbocycles. The smallest absolute Gasteiger partial charge is 0.0545 e. The highest BCUT2D eigenvalue weighted by Gasteiger charge is 2.14. The number of nitrogens with zero attached hydrogens (tertiary/aromatic N) is 1. The summed E-state index contributed by atoms with van der Waals surface area (Å²) in [5, 5.41) is 0. The summed E-state index contributed by atoms with van der Waals surface area (Å²) >= 11 is 0. The van der Waals surface area contributed by atoms with Gasteiger partial charge in [-0.1, -0.05) is 57.5 Å². The maximum atomic E-state index is 4.70. The first-order valence-corrected chi connectivity index (χ1v) is 6.10. The number of hydrogen-bond donors (Lipinski definition) is 0. The van der Waals surface area contributed by atoms with Gasteiger partial charge in [0, 0.05) is 6.21 Å². The van der Waals surface area contributed by atoms with Gasteiger partial charge < -0.3 is 0 Å². The number of aryl methyl sites for hydroxylation is 1. The van der Waals surface area contributed by atoms with Crippen molar-refractivity contribution in [3.05, 3.63) is 35.4 Å². The summed E-state index contributed by atoms with van der Waals surface area (Å²) in [6.45, 7) is 11.0. The Morgan fingerprint density at radius 1 is 0.938 bits per heavy atom. The average molecular weight is 217 g/mol. The molecule has 0 aromatic heterocycles.